The highest BCUT2D eigenvalue weighted by Gasteiger charge is 2.44. The van der Waals surface area contributed by atoms with Crippen LogP contribution in [0.1, 0.15) is 0 Å². The van der Waals surface area contributed by atoms with Gasteiger partial charge in [0.25, 0.3) is 0 Å². The smallest absolute Gasteiger partial charge is 0.238 e. The van der Waals surface area contributed by atoms with Gasteiger partial charge in [-0.05, 0) is 18.2 Å². The number of aromatic hydroxyl groups is 3. The Balaban J connectivity index is 1.77. The molecule has 0 saturated carbocycles. The first-order valence-corrected chi connectivity index (χ1v) is 10.0. The molecule has 1 aliphatic heterocycles. The van der Waals surface area contributed by atoms with Crippen molar-refractivity contribution in [1.29, 1.82) is 0 Å². The molecule has 0 amide bonds. The third-order valence-electron chi connectivity index (χ3n) is 5.47. The van der Waals surface area contributed by atoms with Gasteiger partial charge in [-0.2, -0.15) is 0 Å². The molecule has 1 aromatic heterocycles. The van der Waals surface area contributed by atoms with Gasteiger partial charge < -0.3 is 54.4 Å². The first kappa shape index (κ1) is 23.6. The first-order chi connectivity index (χ1) is 16.2. The predicted octanol–water partition coefficient (Wildman–Crippen LogP) is -0.236. The number of aliphatic hydroxyl groups is 4. The Labute approximate surface area is 191 Å². The molecule has 0 aliphatic carbocycles. The summed E-state index contributed by atoms with van der Waals surface area (Å²) in [5.74, 6) is -1.96. The largest absolute Gasteiger partial charge is 0.507 e. The van der Waals surface area contributed by atoms with Crippen molar-refractivity contribution >= 4 is 11.0 Å². The second-order valence-corrected chi connectivity index (χ2v) is 7.63. The maximum absolute atomic E-state index is 12.7. The molecular weight excluding hydrogens is 456 g/mol. The van der Waals surface area contributed by atoms with Crippen LogP contribution in [0.2, 0.25) is 0 Å². The van der Waals surface area contributed by atoms with Gasteiger partial charge in [0.05, 0.1) is 13.7 Å². The van der Waals surface area contributed by atoms with E-state index in [9.17, 15) is 40.5 Å². The van der Waals surface area contributed by atoms with Crippen molar-refractivity contribution in [3.63, 3.8) is 0 Å². The second-order valence-electron chi connectivity index (χ2n) is 7.63. The zero-order valence-corrected chi connectivity index (χ0v) is 17.7. The molecular formula is C22H22O12. The summed E-state index contributed by atoms with van der Waals surface area (Å²) in [6.45, 7) is -0.665. The maximum atomic E-state index is 12.7. The van der Waals surface area contributed by atoms with Crippen molar-refractivity contribution in [1.82, 2.24) is 0 Å². The SMILES string of the molecule is COc1cc(-c2oc3cc(O[C@@H]4O[C@@H](CO)[C@@H](O)[C@H](O)[C@@H]4O)cc(O)c3c(=O)c2O)ccc1O. The summed E-state index contributed by atoms with van der Waals surface area (Å²) in [6, 6.07) is 6.15. The molecule has 12 nitrogen and oxygen atoms in total. The monoisotopic (exact) mass is 478 g/mol. The third-order valence-corrected chi connectivity index (χ3v) is 5.47. The van der Waals surface area contributed by atoms with Crippen molar-refractivity contribution < 1.29 is 54.4 Å². The van der Waals surface area contributed by atoms with E-state index < -0.39 is 54.2 Å². The molecule has 1 saturated heterocycles. The summed E-state index contributed by atoms with van der Waals surface area (Å²) in [4.78, 5) is 12.7. The molecule has 2 heterocycles. The molecule has 34 heavy (non-hydrogen) atoms. The summed E-state index contributed by atoms with van der Waals surface area (Å²) < 4.78 is 21.4. The van der Waals surface area contributed by atoms with Gasteiger partial charge >= 0.3 is 0 Å². The molecule has 7 N–H and O–H groups in total. The summed E-state index contributed by atoms with van der Waals surface area (Å²) in [6.07, 6.45) is -7.74. The van der Waals surface area contributed by atoms with E-state index in [1.807, 2.05) is 0 Å². The Morgan fingerprint density at radius 2 is 1.71 bits per heavy atom. The number of hydrogen-bond acceptors (Lipinski definition) is 12. The molecule has 0 bridgehead atoms. The quantitative estimate of drug-likeness (QED) is 0.254. The van der Waals surface area contributed by atoms with Crippen LogP contribution in [0, 0.1) is 0 Å². The lowest BCUT2D eigenvalue weighted by atomic mass is 9.99. The molecule has 1 fully saturated rings. The minimum Gasteiger partial charge on any atom is -0.507 e. The zero-order chi connectivity index (χ0) is 24.7. The molecule has 4 rings (SSSR count). The fraction of sp³-hybridized carbons (Fsp3) is 0.318. The lowest BCUT2D eigenvalue weighted by molar-refractivity contribution is -0.277. The van der Waals surface area contributed by atoms with Gasteiger partial charge in [-0.25, -0.2) is 0 Å². The van der Waals surface area contributed by atoms with Crippen LogP contribution in [0.3, 0.4) is 0 Å². The number of phenols is 2. The Hall–Kier alpha value is -3.55. The highest BCUT2D eigenvalue weighted by atomic mass is 16.7. The number of aliphatic hydroxyl groups excluding tert-OH is 4. The lowest BCUT2D eigenvalue weighted by Gasteiger charge is -2.39. The van der Waals surface area contributed by atoms with Crippen molar-refractivity contribution in [2.75, 3.05) is 13.7 Å². The van der Waals surface area contributed by atoms with E-state index in [-0.39, 0.29) is 39.5 Å². The molecule has 0 spiro atoms. The van der Waals surface area contributed by atoms with Crippen LogP contribution in [-0.4, -0.2) is 80.2 Å². The van der Waals surface area contributed by atoms with Crippen LogP contribution in [0.4, 0.5) is 0 Å². The number of benzene rings is 2. The molecule has 1 aliphatic rings. The Morgan fingerprint density at radius 3 is 2.38 bits per heavy atom. The van der Waals surface area contributed by atoms with Crippen LogP contribution >= 0.6 is 0 Å². The summed E-state index contributed by atoms with van der Waals surface area (Å²) in [5.41, 5.74) is -0.962. The van der Waals surface area contributed by atoms with E-state index in [0.29, 0.717) is 0 Å². The number of fused-ring (bicyclic) bond motifs is 1. The van der Waals surface area contributed by atoms with Gasteiger partial charge in [0, 0.05) is 17.7 Å². The number of phenolic OH excluding ortho intramolecular Hbond substituents is 2. The highest BCUT2D eigenvalue weighted by molar-refractivity contribution is 5.88. The zero-order valence-electron chi connectivity index (χ0n) is 17.7. The van der Waals surface area contributed by atoms with Crippen molar-refractivity contribution in [3.8, 4) is 40.1 Å². The van der Waals surface area contributed by atoms with Gasteiger partial charge in [-0.3, -0.25) is 4.79 Å². The van der Waals surface area contributed by atoms with Crippen molar-refractivity contribution in [3.05, 3.63) is 40.6 Å². The minimum absolute atomic E-state index is 0.0576. The van der Waals surface area contributed by atoms with E-state index in [0.717, 1.165) is 6.07 Å². The fourth-order valence-electron chi connectivity index (χ4n) is 3.65. The number of ether oxygens (including phenoxy) is 3. The Morgan fingerprint density at radius 1 is 0.971 bits per heavy atom. The number of rotatable bonds is 5. The van der Waals surface area contributed by atoms with Crippen LogP contribution in [0.5, 0.6) is 28.7 Å². The molecule has 5 atom stereocenters. The Kier molecular flexibility index (Phi) is 6.25. The van der Waals surface area contributed by atoms with E-state index in [2.05, 4.69) is 0 Å². The number of methoxy groups -OCH3 is 1. The topological polar surface area (TPSA) is 200 Å². The van der Waals surface area contributed by atoms with Crippen molar-refractivity contribution in [2.24, 2.45) is 0 Å². The van der Waals surface area contributed by atoms with Gasteiger partial charge in [0.2, 0.25) is 17.5 Å². The average molecular weight is 478 g/mol. The summed E-state index contributed by atoms with van der Waals surface area (Å²) >= 11 is 0. The molecule has 2 aromatic carbocycles. The van der Waals surface area contributed by atoms with Crippen LogP contribution in [-0.2, 0) is 4.74 Å². The maximum Gasteiger partial charge on any atom is 0.238 e. The highest BCUT2D eigenvalue weighted by Crippen LogP contribution is 2.38. The van der Waals surface area contributed by atoms with Crippen LogP contribution in [0.25, 0.3) is 22.3 Å². The molecule has 3 aromatic rings. The molecule has 182 valence electrons. The minimum atomic E-state index is -1.71. The summed E-state index contributed by atoms with van der Waals surface area (Å²) in [5, 5.41) is 69.5. The van der Waals surface area contributed by atoms with Gasteiger partial charge in [0.15, 0.2) is 17.3 Å². The molecule has 12 heteroatoms. The number of hydrogen-bond donors (Lipinski definition) is 7. The normalized spacial score (nSPS) is 24.8. The second kappa shape index (κ2) is 9.00. The van der Waals surface area contributed by atoms with Gasteiger partial charge in [-0.15, -0.1) is 0 Å². The summed E-state index contributed by atoms with van der Waals surface area (Å²) in [7, 11) is 1.32. The van der Waals surface area contributed by atoms with E-state index in [4.69, 9.17) is 18.6 Å². The van der Waals surface area contributed by atoms with Gasteiger partial charge in [0.1, 0.15) is 46.9 Å². The van der Waals surface area contributed by atoms with Crippen molar-refractivity contribution in [2.45, 2.75) is 30.7 Å². The Bertz CT molecular complexity index is 1270. The fourth-order valence-corrected chi connectivity index (χ4v) is 3.65. The standard InChI is InChI=1S/C22H22O12/c1-31-12-4-8(2-3-10(12)24)21-19(29)17(27)15-11(25)5-9(6-13(15)33-21)32-22-20(30)18(28)16(26)14(7-23)34-22/h2-6,14,16,18,20,22-26,28-30H,7H2,1H3/t14-,16+,18-,20-,22+/m0/s1. The van der Waals surface area contributed by atoms with E-state index in [1.165, 1.54) is 31.4 Å². The molecule has 0 unspecified atom stereocenters. The van der Waals surface area contributed by atoms with Crippen LogP contribution in [0.15, 0.2) is 39.5 Å². The first-order valence-electron chi connectivity index (χ1n) is 10.0. The lowest BCUT2D eigenvalue weighted by Crippen LogP contribution is -2.60. The predicted molar refractivity (Wildman–Crippen MR) is 114 cm³/mol. The molecule has 0 radical (unpaired) electrons. The van der Waals surface area contributed by atoms with Crippen LogP contribution < -0.4 is 14.9 Å². The van der Waals surface area contributed by atoms with Gasteiger partial charge in [-0.1, -0.05) is 0 Å². The van der Waals surface area contributed by atoms with E-state index >= 15 is 0 Å². The third kappa shape index (κ3) is 3.97. The average Bonchev–Trinajstić information content (AvgIpc) is 2.81. The van der Waals surface area contributed by atoms with E-state index in [1.54, 1.807) is 0 Å².